The predicted octanol–water partition coefficient (Wildman–Crippen LogP) is 0.684. The molecule has 134 valence electrons. The number of hydrogen-bond acceptors (Lipinski definition) is 9. The molecule has 25 heavy (non-hydrogen) atoms. The fourth-order valence-electron chi connectivity index (χ4n) is 1.75. The van der Waals surface area contributed by atoms with E-state index < -0.39 is 32.7 Å². The molecule has 0 atom stereocenters. The monoisotopic (exact) mass is 370 g/mol. The first-order valence-corrected chi connectivity index (χ1v) is 8.14. The number of furan rings is 1. The summed E-state index contributed by atoms with van der Waals surface area (Å²) in [4.78, 5) is 30.6. The summed E-state index contributed by atoms with van der Waals surface area (Å²) in [7, 11) is -1.95. The van der Waals surface area contributed by atoms with E-state index in [-0.39, 0.29) is 11.8 Å². The van der Waals surface area contributed by atoms with Gasteiger partial charge in [0.1, 0.15) is 4.90 Å². The van der Waals surface area contributed by atoms with Gasteiger partial charge in [-0.2, -0.15) is 4.98 Å². The molecule has 0 radical (unpaired) electrons. The number of hydrogen-bond donors (Lipinski definition) is 2. The highest BCUT2D eigenvalue weighted by molar-refractivity contribution is 7.90. The SMILES string of the molecule is COC(=O)c1occc1S(=O)(=O)NC(=O)Nc1nc(C)cc(OC)n1. The van der Waals surface area contributed by atoms with Gasteiger partial charge < -0.3 is 13.9 Å². The molecule has 0 aromatic carbocycles. The van der Waals surface area contributed by atoms with E-state index in [1.54, 1.807) is 11.6 Å². The Bertz CT molecular complexity index is 907. The number of sulfonamides is 1. The zero-order valence-corrected chi connectivity index (χ0v) is 14.2. The summed E-state index contributed by atoms with van der Waals surface area (Å²) in [5.74, 6) is -1.53. The molecule has 2 aromatic heterocycles. The minimum Gasteiger partial charge on any atom is -0.481 e. The lowest BCUT2D eigenvalue weighted by atomic mass is 10.4. The van der Waals surface area contributed by atoms with E-state index in [0.717, 1.165) is 19.4 Å². The standard InChI is InChI=1S/C13H14N4O7S/c1-7-6-9(22-2)15-12(14-7)16-13(19)17-25(20,21)8-4-5-24-10(8)11(18)23-3/h4-6H,1-3H3,(H2,14,15,16,17,19). The van der Waals surface area contributed by atoms with E-state index in [1.807, 2.05) is 0 Å². The minimum atomic E-state index is -4.39. The van der Waals surface area contributed by atoms with E-state index >= 15 is 0 Å². The third kappa shape index (κ3) is 4.23. The second-order valence-electron chi connectivity index (χ2n) is 4.54. The Balaban J connectivity index is 2.19. The van der Waals surface area contributed by atoms with Crippen LogP contribution < -0.4 is 14.8 Å². The normalized spacial score (nSPS) is 10.8. The number of nitrogens with zero attached hydrogens (tertiary/aromatic N) is 2. The molecule has 2 aromatic rings. The molecule has 0 spiro atoms. The summed E-state index contributed by atoms with van der Waals surface area (Å²) in [6.07, 6.45) is 0.979. The molecule has 2 rings (SSSR count). The number of anilines is 1. The van der Waals surface area contributed by atoms with Gasteiger partial charge in [0, 0.05) is 11.8 Å². The number of methoxy groups -OCH3 is 2. The lowest BCUT2D eigenvalue weighted by Gasteiger charge is -2.08. The van der Waals surface area contributed by atoms with Crippen LogP contribution in [-0.4, -0.2) is 44.6 Å². The molecule has 2 N–H and O–H groups in total. The second kappa shape index (κ2) is 7.17. The number of urea groups is 1. The van der Waals surface area contributed by atoms with Crippen LogP contribution in [0.3, 0.4) is 0 Å². The first-order chi connectivity index (χ1) is 11.8. The number of aryl methyl sites for hydroxylation is 1. The summed E-state index contributed by atoms with van der Waals surface area (Å²) >= 11 is 0. The maximum absolute atomic E-state index is 12.2. The van der Waals surface area contributed by atoms with Crippen LogP contribution in [0, 0.1) is 6.92 Å². The zero-order valence-electron chi connectivity index (χ0n) is 13.4. The Morgan fingerprint density at radius 3 is 2.60 bits per heavy atom. The smallest absolute Gasteiger partial charge is 0.375 e. The lowest BCUT2D eigenvalue weighted by molar-refractivity contribution is 0.0559. The molecule has 0 unspecified atom stereocenters. The van der Waals surface area contributed by atoms with Crippen molar-refractivity contribution < 1.29 is 31.9 Å². The largest absolute Gasteiger partial charge is 0.481 e. The van der Waals surface area contributed by atoms with E-state index in [1.165, 1.54) is 13.2 Å². The van der Waals surface area contributed by atoms with Gasteiger partial charge in [-0.3, -0.25) is 5.32 Å². The molecule has 0 aliphatic carbocycles. The highest BCUT2D eigenvalue weighted by Crippen LogP contribution is 2.18. The fourth-order valence-corrected chi connectivity index (χ4v) is 2.77. The summed E-state index contributed by atoms with van der Waals surface area (Å²) in [6.45, 7) is 1.64. The van der Waals surface area contributed by atoms with Gasteiger partial charge in [0.15, 0.2) is 0 Å². The Morgan fingerprint density at radius 2 is 1.96 bits per heavy atom. The van der Waals surface area contributed by atoms with Gasteiger partial charge in [-0.25, -0.2) is 27.7 Å². The maximum Gasteiger partial charge on any atom is 0.375 e. The van der Waals surface area contributed by atoms with Crippen LogP contribution >= 0.6 is 0 Å². The Morgan fingerprint density at radius 1 is 1.24 bits per heavy atom. The average molecular weight is 370 g/mol. The molecule has 0 aliphatic heterocycles. The number of esters is 1. The Hall–Kier alpha value is -3.15. The van der Waals surface area contributed by atoms with Crippen molar-refractivity contribution in [3.05, 3.63) is 29.9 Å². The summed E-state index contributed by atoms with van der Waals surface area (Å²) in [6, 6.07) is 1.40. The second-order valence-corrected chi connectivity index (χ2v) is 6.19. The van der Waals surface area contributed by atoms with Crippen molar-refractivity contribution in [2.45, 2.75) is 11.8 Å². The van der Waals surface area contributed by atoms with Gasteiger partial charge >= 0.3 is 12.0 Å². The van der Waals surface area contributed by atoms with Crippen LogP contribution in [0.4, 0.5) is 10.7 Å². The fraction of sp³-hybridized carbons (Fsp3) is 0.231. The van der Waals surface area contributed by atoms with E-state index in [0.29, 0.717) is 5.69 Å². The molecule has 0 saturated carbocycles. The number of rotatable bonds is 5. The molecule has 0 fully saturated rings. The third-order valence-corrected chi connectivity index (χ3v) is 4.14. The summed E-state index contributed by atoms with van der Waals surface area (Å²) in [5, 5.41) is 2.16. The van der Waals surface area contributed by atoms with Crippen molar-refractivity contribution in [1.82, 2.24) is 14.7 Å². The zero-order chi connectivity index (χ0) is 18.6. The van der Waals surface area contributed by atoms with Gasteiger partial charge in [0.05, 0.1) is 20.5 Å². The highest BCUT2D eigenvalue weighted by Gasteiger charge is 2.28. The maximum atomic E-state index is 12.2. The first kappa shape index (κ1) is 18.2. The van der Waals surface area contributed by atoms with Crippen molar-refractivity contribution in [1.29, 1.82) is 0 Å². The highest BCUT2D eigenvalue weighted by atomic mass is 32.2. The van der Waals surface area contributed by atoms with E-state index in [4.69, 9.17) is 9.15 Å². The molecule has 0 aliphatic rings. The topological polar surface area (TPSA) is 150 Å². The number of carbonyl (C=O) groups excluding carboxylic acids is 2. The van der Waals surface area contributed by atoms with Gasteiger partial charge in [-0.1, -0.05) is 0 Å². The number of nitrogens with one attached hydrogen (secondary N) is 2. The van der Waals surface area contributed by atoms with Crippen LogP contribution in [0.15, 0.2) is 27.7 Å². The van der Waals surface area contributed by atoms with Gasteiger partial charge in [0.2, 0.25) is 17.6 Å². The number of aromatic nitrogens is 2. The third-order valence-electron chi connectivity index (χ3n) is 2.78. The van der Waals surface area contributed by atoms with Crippen LogP contribution in [0.1, 0.15) is 16.2 Å². The van der Waals surface area contributed by atoms with Gasteiger partial charge in [-0.15, -0.1) is 0 Å². The van der Waals surface area contributed by atoms with E-state index in [2.05, 4.69) is 20.0 Å². The average Bonchev–Trinajstić information content (AvgIpc) is 3.03. The molecule has 0 saturated heterocycles. The molecule has 2 heterocycles. The first-order valence-electron chi connectivity index (χ1n) is 6.66. The minimum absolute atomic E-state index is 0.162. The molecule has 12 heteroatoms. The van der Waals surface area contributed by atoms with Crippen molar-refractivity contribution in [3.63, 3.8) is 0 Å². The van der Waals surface area contributed by atoms with Gasteiger partial charge in [-0.05, 0) is 13.0 Å². The summed E-state index contributed by atoms with van der Waals surface area (Å²) < 4.78 is 40.3. The van der Waals surface area contributed by atoms with Crippen molar-refractivity contribution in [2.75, 3.05) is 19.5 Å². The molecule has 0 bridgehead atoms. The molecule has 11 nitrogen and oxygen atoms in total. The van der Waals surface area contributed by atoms with Crippen LogP contribution in [0.25, 0.3) is 0 Å². The quantitative estimate of drug-likeness (QED) is 0.724. The van der Waals surface area contributed by atoms with Crippen molar-refractivity contribution in [2.24, 2.45) is 0 Å². The molecule has 2 amide bonds. The molecular weight excluding hydrogens is 356 g/mol. The number of amides is 2. The number of ether oxygens (including phenoxy) is 2. The Kier molecular flexibility index (Phi) is 5.22. The Labute approximate surface area is 142 Å². The van der Waals surface area contributed by atoms with Crippen LogP contribution in [0.2, 0.25) is 0 Å². The lowest BCUT2D eigenvalue weighted by Crippen LogP contribution is -2.35. The number of carbonyl (C=O) groups is 2. The van der Waals surface area contributed by atoms with E-state index in [9.17, 15) is 18.0 Å². The van der Waals surface area contributed by atoms with Gasteiger partial charge in [0.25, 0.3) is 10.0 Å². The predicted molar refractivity (Wildman–Crippen MR) is 82.7 cm³/mol. The van der Waals surface area contributed by atoms with Crippen molar-refractivity contribution in [3.8, 4) is 5.88 Å². The van der Waals surface area contributed by atoms with Crippen LogP contribution in [0.5, 0.6) is 5.88 Å². The molecular formula is C13H14N4O7S. The van der Waals surface area contributed by atoms with Crippen LogP contribution in [-0.2, 0) is 14.8 Å². The summed E-state index contributed by atoms with van der Waals surface area (Å²) in [5.41, 5.74) is 0.493. The van der Waals surface area contributed by atoms with Crippen molar-refractivity contribution >= 4 is 28.0 Å².